The molecule has 0 aromatic heterocycles. The van der Waals surface area contributed by atoms with Crippen LogP contribution in [0.15, 0.2) is 24.3 Å². The lowest BCUT2D eigenvalue weighted by molar-refractivity contribution is 0.535. The fraction of sp³-hybridized carbons (Fsp3) is 0.769. The molecule has 0 amide bonds. The predicted octanol–water partition coefficient (Wildman–Crippen LogP) is 8.56. The average Bonchev–Trinajstić information content (AvgIpc) is 2.70. The van der Waals surface area contributed by atoms with Gasteiger partial charge in [0.2, 0.25) is 0 Å². The summed E-state index contributed by atoms with van der Waals surface area (Å²) in [6.07, 6.45) is 21.3. The maximum Gasteiger partial charge on any atom is 0.0398 e. The second-order valence-electron chi connectivity index (χ2n) is 8.15. The molecule has 27 heavy (non-hydrogen) atoms. The molecule has 1 nitrogen and oxygen atoms in total. The first kappa shape index (κ1) is 24.1. The summed E-state index contributed by atoms with van der Waals surface area (Å²) >= 11 is 0. The van der Waals surface area contributed by atoms with Gasteiger partial charge in [0.15, 0.2) is 0 Å². The van der Waals surface area contributed by atoms with Gasteiger partial charge in [-0.05, 0) is 38.3 Å². The lowest BCUT2D eigenvalue weighted by Gasteiger charge is -2.24. The number of unbranched alkanes of at least 4 members (excludes halogenated alkanes) is 13. The summed E-state index contributed by atoms with van der Waals surface area (Å²) in [5.74, 6) is 0. The number of anilines is 1. The van der Waals surface area contributed by atoms with Crippen LogP contribution in [-0.4, -0.2) is 13.1 Å². The van der Waals surface area contributed by atoms with Crippen LogP contribution in [0.1, 0.15) is 116 Å². The van der Waals surface area contributed by atoms with Crippen LogP contribution in [-0.2, 0) is 6.42 Å². The highest BCUT2D eigenvalue weighted by Gasteiger charge is 2.07. The summed E-state index contributed by atoms with van der Waals surface area (Å²) in [5, 5.41) is 0. The van der Waals surface area contributed by atoms with Crippen LogP contribution < -0.4 is 4.90 Å². The van der Waals surface area contributed by atoms with Gasteiger partial charge in [-0.2, -0.15) is 0 Å². The second-order valence-corrected chi connectivity index (χ2v) is 8.15. The molecule has 156 valence electrons. The number of aryl methyl sites for hydroxylation is 1. The third-order valence-corrected chi connectivity index (χ3v) is 5.90. The zero-order valence-electron chi connectivity index (χ0n) is 18.8. The number of hydrogen-bond acceptors (Lipinski definition) is 1. The van der Waals surface area contributed by atoms with Gasteiger partial charge in [-0.15, -0.1) is 0 Å². The van der Waals surface area contributed by atoms with Crippen molar-refractivity contribution in [1.82, 2.24) is 0 Å². The quantitative estimate of drug-likeness (QED) is 0.233. The molecule has 1 rings (SSSR count). The molecule has 0 saturated heterocycles. The van der Waals surface area contributed by atoms with Crippen molar-refractivity contribution in [2.45, 2.75) is 117 Å². The van der Waals surface area contributed by atoms with E-state index >= 15 is 0 Å². The molecular formula is C26H47N. The van der Waals surface area contributed by atoms with Crippen molar-refractivity contribution in [3.63, 3.8) is 0 Å². The first-order chi connectivity index (χ1) is 13.3. The average molecular weight is 374 g/mol. The van der Waals surface area contributed by atoms with Crippen LogP contribution in [0.25, 0.3) is 0 Å². The van der Waals surface area contributed by atoms with Gasteiger partial charge in [-0.1, -0.05) is 109 Å². The monoisotopic (exact) mass is 373 g/mol. The topological polar surface area (TPSA) is 3.24 Å². The van der Waals surface area contributed by atoms with Crippen LogP contribution in [0.2, 0.25) is 0 Å². The molecule has 0 atom stereocenters. The second kappa shape index (κ2) is 17.1. The van der Waals surface area contributed by atoms with E-state index in [4.69, 9.17) is 0 Å². The minimum atomic E-state index is 1.10. The first-order valence-electron chi connectivity index (χ1n) is 12.2. The smallest absolute Gasteiger partial charge is 0.0398 e. The molecule has 1 heteroatoms. The summed E-state index contributed by atoms with van der Waals surface area (Å²) < 4.78 is 0. The predicted molar refractivity (Wildman–Crippen MR) is 124 cm³/mol. The molecule has 0 aliphatic carbocycles. The summed E-state index contributed by atoms with van der Waals surface area (Å²) in [7, 11) is 0. The Balaban J connectivity index is 1.99. The van der Waals surface area contributed by atoms with Gasteiger partial charge in [0, 0.05) is 18.8 Å². The van der Waals surface area contributed by atoms with Gasteiger partial charge in [-0.25, -0.2) is 0 Å². The van der Waals surface area contributed by atoms with E-state index in [1.807, 2.05) is 0 Å². The van der Waals surface area contributed by atoms with E-state index in [9.17, 15) is 0 Å². The van der Waals surface area contributed by atoms with Crippen LogP contribution in [0.5, 0.6) is 0 Å². The zero-order valence-corrected chi connectivity index (χ0v) is 18.8. The molecule has 0 radical (unpaired) electrons. The van der Waals surface area contributed by atoms with E-state index in [0.717, 1.165) is 13.1 Å². The van der Waals surface area contributed by atoms with E-state index in [1.165, 1.54) is 102 Å². The fourth-order valence-electron chi connectivity index (χ4n) is 4.11. The van der Waals surface area contributed by atoms with Crippen molar-refractivity contribution < 1.29 is 0 Å². The summed E-state index contributed by atoms with van der Waals surface area (Å²) in [4.78, 5) is 2.49. The minimum Gasteiger partial charge on any atom is -0.372 e. The molecule has 0 spiro atoms. The maximum absolute atomic E-state index is 2.49. The van der Waals surface area contributed by atoms with Crippen LogP contribution in [0, 0.1) is 0 Å². The minimum absolute atomic E-state index is 1.10. The Morgan fingerprint density at radius 2 is 1.00 bits per heavy atom. The molecule has 1 aromatic carbocycles. The molecule has 0 heterocycles. The highest BCUT2D eigenvalue weighted by atomic mass is 15.1. The Bertz CT molecular complexity index is 436. The Hall–Kier alpha value is -0.980. The Kier molecular flexibility index (Phi) is 15.3. The molecule has 1 aromatic rings. The third-order valence-electron chi connectivity index (χ3n) is 5.90. The summed E-state index contributed by atoms with van der Waals surface area (Å²) in [6.45, 7) is 9.02. The van der Waals surface area contributed by atoms with Gasteiger partial charge in [0.1, 0.15) is 0 Å². The van der Waals surface area contributed by atoms with Crippen LogP contribution in [0.3, 0.4) is 0 Å². The fourth-order valence-corrected chi connectivity index (χ4v) is 4.11. The lowest BCUT2D eigenvalue weighted by atomic mass is 10.0. The van der Waals surface area contributed by atoms with Gasteiger partial charge in [-0.3, -0.25) is 0 Å². The lowest BCUT2D eigenvalue weighted by Crippen LogP contribution is -2.23. The van der Waals surface area contributed by atoms with E-state index in [1.54, 1.807) is 5.56 Å². The molecular weight excluding hydrogens is 326 g/mol. The highest BCUT2D eigenvalue weighted by molar-refractivity contribution is 5.53. The first-order valence-corrected chi connectivity index (χ1v) is 12.2. The number of hydrogen-bond donors (Lipinski definition) is 0. The van der Waals surface area contributed by atoms with Crippen molar-refractivity contribution >= 4 is 5.69 Å². The van der Waals surface area contributed by atoms with Crippen molar-refractivity contribution in [1.29, 1.82) is 0 Å². The Morgan fingerprint density at radius 3 is 1.48 bits per heavy atom. The van der Waals surface area contributed by atoms with Crippen molar-refractivity contribution in [2.75, 3.05) is 18.0 Å². The standard InChI is InChI=1S/C26H47N/c1-4-7-8-9-10-11-12-13-14-15-16-17-18-19-22-25-23-20-21-24-26(25)27(5-2)6-3/h20-21,23-24H,4-19,22H2,1-3H3. The van der Waals surface area contributed by atoms with E-state index in [-0.39, 0.29) is 0 Å². The SMILES string of the molecule is CCCCCCCCCCCCCCCCc1ccccc1N(CC)CC. The normalized spacial score (nSPS) is 11.1. The number of nitrogens with zero attached hydrogens (tertiary/aromatic N) is 1. The Labute approximate surface area is 170 Å². The van der Waals surface area contributed by atoms with Gasteiger partial charge < -0.3 is 4.90 Å². The van der Waals surface area contributed by atoms with Gasteiger partial charge >= 0.3 is 0 Å². The largest absolute Gasteiger partial charge is 0.372 e. The van der Waals surface area contributed by atoms with E-state index in [0.29, 0.717) is 0 Å². The van der Waals surface area contributed by atoms with Crippen molar-refractivity contribution in [2.24, 2.45) is 0 Å². The Morgan fingerprint density at radius 1 is 0.556 bits per heavy atom. The zero-order chi connectivity index (χ0) is 19.6. The molecule has 0 unspecified atom stereocenters. The van der Waals surface area contributed by atoms with Crippen molar-refractivity contribution in [3.8, 4) is 0 Å². The molecule has 0 aliphatic rings. The van der Waals surface area contributed by atoms with E-state index in [2.05, 4.69) is 49.9 Å². The number of rotatable bonds is 18. The van der Waals surface area contributed by atoms with Crippen molar-refractivity contribution in [3.05, 3.63) is 29.8 Å². The maximum atomic E-state index is 2.49. The van der Waals surface area contributed by atoms with Crippen LogP contribution in [0.4, 0.5) is 5.69 Å². The molecule has 0 bridgehead atoms. The van der Waals surface area contributed by atoms with Gasteiger partial charge in [0.05, 0.1) is 0 Å². The van der Waals surface area contributed by atoms with Gasteiger partial charge in [0.25, 0.3) is 0 Å². The number of para-hydroxylation sites is 1. The summed E-state index contributed by atoms with van der Waals surface area (Å²) in [5.41, 5.74) is 3.00. The third kappa shape index (κ3) is 11.5. The molecule has 0 saturated carbocycles. The molecule has 0 N–H and O–H groups in total. The molecule has 0 fully saturated rings. The summed E-state index contributed by atoms with van der Waals surface area (Å²) in [6, 6.07) is 9.01. The molecule has 0 aliphatic heterocycles. The van der Waals surface area contributed by atoms with E-state index < -0.39 is 0 Å². The highest BCUT2D eigenvalue weighted by Crippen LogP contribution is 2.22. The van der Waals surface area contributed by atoms with Crippen LogP contribution >= 0.6 is 0 Å². The number of benzene rings is 1.